The number of rotatable bonds is 2. The number of aromatic nitrogens is 1. The van der Waals surface area contributed by atoms with Gasteiger partial charge in [0.2, 0.25) is 5.91 Å². The molecule has 2 aliphatic rings. The highest BCUT2D eigenvalue weighted by atomic mass is 16.2. The maximum absolute atomic E-state index is 13.4. The number of fused-ring (bicyclic) bond motifs is 4. The molecule has 30 heavy (non-hydrogen) atoms. The summed E-state index contributed by atoms with van der Waals surface area (Å²) in [7, 11) is 0. The van der Waals surface area contributed by atoms with Gasteiger partial charge in [0.05, 0.1) is 11.8 Å². The number of H-pyrrole nitrogens is 1. The monoisotopic (exact) mass is 400 g/mol. The predicted octanol–water partition coefficient (Wildman–Crippen LogP) is 3.34. The molecule has 0 aliphatic carbocycles. The molecule has 1 saturated heterocycles. The standard InChI is InChI=1S/C24H24N4O2/c1-15-8-4-5-9-16(15)13-25-27-14-21(29)28-20(23(27)30)12-18-17-10-6-7-11-19(17)26-22(18)24(28,2)3/h4-11,13,20,26H,12,14H2,1-3H3/t20-/m0/s1. The summed E-state index contributed by atoms with van der Waals surface area (Å²) in [5, 5.41) is 6.83. The molecule has 3 aromatic rings. The van der Waals surface area contributed by atoms with E-state index in [-0.39, 0.29) is 18.4 Å². The van der Waals surface area contributed by atoms with Crippen LogP contribution in [0.5, 0.6) is 0 Å². The predicted molar refractivity (Wildman–Crippen MR) is 116 cm³/mol. The second-order valence-corrected chi connectivity index (χ2v) is 8.56. The maximum Gasteiger partial charge on any atom is 0.266 e. The topological polar surface area (TPSA) is 68.8 Å². The second kappa shape index (κ2) is 6.55. The first-order chi connectivity index (χ1) is 14.4. The summed E-state index contributed by atoms with van der Waals surface area (Å²) < 4.78 is 0. The fraction of sp³-hybridized carbons (Fsp3) is 0.292. The summed E-state index contributed by atoms with van der Waals surface area (Å²) in [5.74, 6) is -0.223. The van der Waals surface area contributed by atoms with Crippen LogP contribution in [-0.2, 0) is 21.5 Å². The van der Waals surface area contributed by atoms with Gasteiger partial charge in [-0.2, -0.15) is 5.10 Å². The van der Waals surface area contributed by atoms with Gasteiger partial charge in [-0.1, -0.05) is 42.5 Å². The first kappa shape index (κ1) is 18.6. The van der Waals surface area contributed by atoms with Crippen molar-refractivity contribution in [2.24, 2.45) is 5.10 Å². The van der Waals surface area contributed by atoms with E-state index in [4.69, 9.17) is 0 Å². The Labute approximate surface area is 175 Å². The van der Waals surface area contributed by atoms with Crippen LogP contribution >= 0.6 is 0 Å². The Morgan fingerprint density at radius 3 is 2.63 bits per heavy atom. The van der Waals surface area contributed by atoms with Crippen LogP contribution in [0.4, 0.5) is 0 Å². The van der Waals surface area contributed by atoms with Crippen molar-refractivity contribution in [3.63, 3.8) is 0 Å². The lowest BCUT2D eigenvalue weighted by molar-refractivity contribution is -0.163. The Morgan fingerprint density at radius 1 is 1.10 bits per heavy atom. The molecular weight excluding hydrogens is 376 g/mol. The minimum absolute atomic E-state index is 0.0449. The Morgan fingerprint density at radius 2 is 1.83 bits per heavy atom. The summed E-state index contributed by atoms with van der Waals surface area (Å²) >= 11 is 0. The average Bonchev–Trinajstić information content (AvgIpc) is 3.10. The van der Waals surface area contributed by atoms with Gasteiger partial charge in [-0.05, 0) is 43.5 Å². The first-order valence-electron chi connectivity index (χ1n) is 10.2. The minimum Gasteiger partial charge on any atom is -0.356 e. The molecule has 6 heteroatoms. The highest BCUT2D eigenvalue weighted by Gasteiger charge is 2.51. The number of carbonyl (C=O) groups excluding carboxylic acids is 2. The van der Waals surface area contributed by atoms with E-state index < -0.39 is 11.6 Å². The number of nitrogens with one attached hydrogen (secondary N) is 1. The molecule has 0 radical (unpaired) electrons. The van der Waals surface area contributed by atoms with Crippen molar-refractivity contribution in [1.82, 2.24) is 14.9 Å². The van der Waals surface area contributed by atoms with Gasteiger partial charge in [0.1, 0.15) is 12.6 Å². The van der Waals surface area contributed by atoms with Crippen LogP contribution in [0.15, 0.2) is 53.6 Å². The minimum atomic E-state index is -0.601. The molecule has 3 heterocycles. The fourth-order valence-electron chi connectivity index (χ4n) is 4.83. The molecule has 6 nitrogen and oxygen atoms in total. The van der Waals surface area contributed by atoms with Gasteiger partial charge >= 0.3 is 0 Å². The Balaban J connectivity index is 1.53. The number of piperazine rings is 1. The number of aromatic amines is 1. The zero-order valence-corrected chi connectivity index (χ0v) is 17.3. The van der Waals surface area contributed by atoms with Gasteiger partial charge < -0.3 is 9.88 Å². The molecule has 0 bridgehead atoms. The van der Waals surface area contributed by atoms with E-state index in [0.29, 0.717) is 6.42 Å². The van der Waals surface area contributed by atoms with Gasteiger partial charge in [0, 0.05) is 23.0 Å². The van der Waals surface area contributed by atoms with Crippen molar-refractivity contribution in [1.29, 1.82) is 0 Å². The molecule has 2 amide bonds. The number of hydrogen-bond acceptors (Lipinski definition) is 3. The molecule has 1 N–H and O–H groups in total. The largest absolute Gasteiger partial charge is 0.356 e. The second-order valence-electron chi connectivity index (χ2n) is 8.56. The van der Waals surface area contributed by atoms with E-state index in [1.165, 1.54) is 5.01 Å². The molecule has 0 spiro atoms. The summed E-state index contributed by atoms with van der Waals surface area (Å²) in [4.78, 5) is 31.8. The van der Waals surface area contributed by atoms with Crippen LogP contribution in [0.2, 0.25) is 0 Å². The summed E-state index contributed by atoms with van der Waals surface area (Å²) in [6, 6.07) is 15.4. The lowest BCUT2D eigenvalue weighted by atomic mass is 9.82. The molecule has 0 unspecified atom stereocenters. The van der Waals surface area contributed by atoms with Crippen LogP contribution in [0.1, 0.15) is 36.2 Å². The quantitative estimate of drug-likeness (QED) is 0.671. The van der Waals surface area contributed by atoms with Gasteiger partial charge in [0.15, 0.2) is 0 Å². The number of para-hydroxylation sites is 1. The zero-order valence-electron chi connectivity index (χ0n) is 17.3. The first-order valence-corrected chi connectivity index (χ1v) is 10.2. The van der Waals surface area contributed by atoms with Crippen LogP contribution < -0.4 is 0 Å². The van der Waals surface area contributed by atoms with Crippen LogP contribution in [0, 0.1) is 6.92 Å². The van der Waals surface area contributed by atoms with Crippen LogP contribution in [-0.4, -0.2) is 45.5 Å². The van der Waals surface area contributed by atoms with Crippen molar-refractivity contribution in [3.8, 4) is 0 Å². The molecule has 152 valence electrons. The third-order valence-electron chi connectivity index (χ3n) is 6.35. The SMILES string of the molecule is Cc1ccccc1C=NN1CC(=O)N2[C@@H](Cc3c([nH]c4ccccc34)C2(C)C)C1=O. The Bertz CT molecular complexity index is 1210. The van der Waals surface area contributed by atoms with Crippen molar-refractivity contribution >= 4 is 28.9 Å². The van der Waals surface area contributed by atoms with Gasteiger partial charge in [0.25, 0.3) is 5.91 Å². The van der Waals surface area contributed by atoms with Gasteiger partial charge in [-0.25, -0.2) is 5.01 Å². The average molecular weight is 400 g/mol. The highest BCUT2D eigenvalue weighted by Crippen LogP contribution is 2.42. The number of nitrogens with zero attached hydrogens (tertiary/aromatic N) is 3. The summed E-state index contributed by atoms with van der Waals surface area (Å²) in [6.07, 6.45) is 2.16. The smallest absolute Gasteiger partial charge is 0.266 e. The maximum atomic E-state index is 13.4. The van der Waals surface area contributed by atoms with E-state index in [0.717, 1.165) is 33.3 Å². The van der Waals surface area contributed by atoms with Crippen molar-refractivity contribution in [3.05, 3.63) is 70.9 Å². The molecule has 1 aromatic heterocycles. The fourth-order valence-corrected chi connectivity index (χ4v) is 4.83. The molecule has 0 saturated carbocycles. The summed E-state index contributed by atoms with van der Waals surface area (Å²) in [5.41, 5.74) is 4.56. The molecule has 5 rings (SSSR count). The number of benzene rings is 2. The van der Waals surface area contributed by atoms with E-state index >= 15 is 0 Å². The molecule has 1 atom stereocenters. The molecule has 1 fully saturated rings. The lowest BCUT2D eigenvalue weighted by Gasteiger charge is -2.50. The van der Waals surface area contributed by atoms with E-state index in [1.807, 2.05) is 63.2 Å². The van der Waals surface area contributed by atoms with Gasteiger partial charge in [-0.3, -0.25) is 9.59 Å². The Hall–Kier alpha value is -3.41. The summed E-state index contributed by atoms with van der Waals surface area (Å²) in [6.45, 7) is 5.96. The number of amides is 2. The number of hydrazone groups is 1. The van der Waals surface area contributed by atoms with Gasteiger partial charge in [-0.15, -0.1) is 0 Å². The highest BCUT2D eigenvalue weighted by molar-refractivity contribution is 5.98. The molecular formula is C24H24N4O2. The molecule has 2 aliphatic heterocycles. The third kappa shape index (κ3) is 2.67. The van der Waals surface area contributed by atoms with E-state index in [2.05, 4.69) is 16.2 Å². The Kier molecular flexibility index (Phi) is 4.07. The van der Waals surface area contributed by atoms with Crippen LogP contribution in [0.25, 0.3) is 10.9 Å². The number of hydrogen-bond donors (Lipinski definition) is 1. The third-order valence-corrected chi connectivity index (χ3v) is 6.35. The lowest BCUT2D eigenvalue weighted by Crippen LogP contribution is -2.66. The van der Waals surface area contributed by atoms with E-state index in [1.54, 1.807) is 11.1 Å². The zero-order chi connectivity index (χ0) is 21.0. The van der Waals surface area contributed by atoms with Crippen LogP contribution in [0.3, 0.4) is 0 Å². The number of carbonyl (C=O) groups is 2. The van der Waals surface area contributed by atoms with Crippen molar-refractivity contribution in [2.75, 3.05) is 6.54 Å². The number of aryl methyl sites for hydroxylation is 1. The normalized spacial score (nSPS) is 20.7. The van der Waals surface area contributed by atoms with E-state index in [9.17, 15) is 9.59 Å². The van der Waals surface area contributed by atoms with Crippen molar-refractivity contribution < 1.29 is 9.59 Å². The molecule has 2 aromatic carbocycles. The van der Waals surface area contributed by atoms with Crippen molar-refractivity contribution in [2.45, 2.75) is 38.8 Å².